The quantitative estimate of drug-likeness (QED) is 0.644. The number of ketones is 1. The lowest BCUT2D eigenvalue weighted by atomic mass is 10.1. The van der Waals surface area contributed by atoms with Gasteiger partial charge in [-0.15, -0.1) is 0 Å². The number of Topliss-reactive ketones (excluding diaryl/α,β-unsaturated/α-hetero) is 1. The molecule has 0 spiro atoms. The first-order chi connectivity index (χ1) is 11.8. The molecular formula is C19H21NO5. The summed E-state index contributed by atoms with van der Waals surface area (Å²) in [5, 5.41) is 0. The Kier molecular flexibility index (Phi) is 5.75. The van der Waals surface area contributed by atoms with Gasteiger partial charge in [0.1, 0.15) is 0 Å². The van der Waals surface area contributed by atoms with E-state index in [4.69, 9.17) is 9.47 Å². The molecule has 1 N–H and O–H groups in total. The van der Waals surface area contributed by atoms with Crippen LogP contribution in [0.2, 0.25) is 0 Å². The number of rotatable bonds is 6. The predicted octanol–water partition coefficient (Wildman–Crippen LogP) is 2.70. The average molecular weight is 343 g/mol. The summed E-state index contributed by atoms with van der Waals surface area (Å²) in [5.74, 6) is -1.39. The van der Waals surface area contributed by atoms with Crippen LogP contribution in [0, 0.1) is 20.8 Å². The van der Waals surface area contributed by atoms with Gasteiger partial charge in [0.05, 0.1) is 24.8 Å². The first kappa shape index (κ1) is 18.4. The summed E-state index contributed by atoms with van der Waals surface area (Å²) in [6.07, 6.45) is 0.101. The van der Waals surface area contributed by atoms with Crippen molar-refractivity contribution in [3.63, 3.8) is 0 Å². The van der Waals surface area contributed by atoms with Gasteiger partial charge in [0.15, 0.2) is 6.61 Å². The molecular weight excluding hydrogens is 322 g/mol. The van der Waals surface area contributed by atoms with Crippen molar-refractivity contribution in [2.45, 2.75) is 27.2 Å². The molecule has 0 aliphatic rings. The topological polar surface area (TPSA) is 85.5 Å². The van der Waals surface area contributed by atoms with Crippen LogP contribution in [0.5, 0.6) is 0 Å². The molecule has 6 nitrogen and oxygen atoms in total. The number of esters is 2. The Bertz CT molecular complexity index is 802. The number of aryl methyl sites for hydroxylation is 2. The highest BCUT2D eigenvalue weighted by Gasteiger charge is 2.23. The molecule has 132 valence electrons. The third-order valence-corrected chi connectivity index (χ3v) is 3.94. The van der Waals surface area contributed by atoms with Gasteiger partial charge in [-0.1, -0.05) is 29.8 Å². The molecule has 2 aromatic rings. The van der Waals surface area contributed by atoms with E-state index in [1.807, 2.05) is 31.2 Å². The largest absolute Gasteiger partial charge is 0.465 e. The minimum absolute atomic E-state index is 0.101. The normalized spacial score (nSPS) is 10.4. The van der Waals surface area contributed by atoms with Crippen LogP contribution in [0.4, 0.5) is 0 Å². The average Bonchev–Trinajstić information content (AvgIpc) is 2.88. The van der Waals surface area contributed by atoms with Crippen LogP contribution in [0.3, 0.4) is 0 Å². The smallest absolute Gasteiger partial charge is 0.339 e. The third-order valence-electron chi connectivity index (χ3n) is 3.94. The number of methoxy groups -OCH3 is 1. The molecule has 0 amide bonds. The number of hydrogen-bond donors (Lipinski definition) is 1. The van der Waals surface area contributed by atoms with Crippen molar-refractivity contribution in [3.8, 4) is 0 Å². The lowest BCUT2D eigenvalue weighted by Crippen LogP contribution is -2.16. The molecule has 1 aromatic carbocycles. The van der Waals surface area contributed by atoms with Crippen molar-refractivity contribution in [1.29, 1.82) is 0 Å². The Labute approximate surface area is 146 Å². The Hall–Kier alpha value is -2.89. The van der Waals surface area contributed by atoms with Crippen molar-refractivity contribution in [2.24, 2.45) is 0 Å². The van der Waals surface area contributed by atoms with Crippen molar-refractivity contribution >= 4 is 17.7 Å². The second-order valence-electron chi connectivity index (χ2n) is 5.86. The molecule has 0 saturated heterocycles. The predicted molar refractivity (Wildman–Crippen MR) is 91.8 cm³/mol. The van der Waals surface area contributed by atoms with Gasteiger partial charge in [-0.25, -0.2) is 4.79 Å². The van der Waals surface area contributed by atoms with E-state index in [2.05, 4.69) is 4.98 Å². The zero-order valence-corrected chi connectivity index (χ0v) is 14.8. The molecule has 0 radical (unpaired) electrons. The van der Waals surface area contributed by atoms with Crippen LogP contribution >= 0.6 is 0 Å². The molecule has 1 heterocycles. The first-order valence-electron chi connectivity index (χ1n) is 7.85. The van der Waals surface area contributed by atoms with Crippen molar-refractivity contribution in [3.05, 3.63) is 57.9 Å². The molecule has 25 heavy (non-hydrogen) atoms. The molecule has 1 aromatic heterocycles. The molecule has 0 unspecified atom stereocenters. The molecule has 0 atom stereocenters. The van der Waals surface area contributed by atoms with E-state index >= 15 is 0 Å². The third kappa shape index (κ3) is 4.35. The minimum Gasteiger partial charge on any atom is -0.465 e. The van der Waals surface area contributed by atoms with E-state index in [1.165, 1.54) is 7.11 Å². The number of benzene rings is 1. The Morgan fingerprint density at radius 1 is 1.04 bits per heavy atom. The highest BCUT2D eigenvalue weighted by atomic mass is 16.5. The summed E-state index contributed by atoms with van der Waals surface area (Å²) < 4.78 is 9.77. The molecule has 0 fully saturated rings. The second kappa shape index (κ2) is 7.79. The fraction of sp³-hybridized carbons (Fsp3) is 0.316. The van der Waals surface area contributed by atoms with E-state index in [0.717, 1.165) is 11.1 Å². The van der Waals surface area contributed by atoms with Crippen LogP contribution < -0.4 is 0 Å². The second-order valence-corrected chi connectivity index (χ2v) is 5.86. The molecule has 0 saturated carbocycles. The van der Waals surface area contributed by atoms with Gasteiger partial charge in [0.25, 0.3) is 0 Å². The van der Waals surface area contributed by atoms with Gasteiger partial charge in [0, 0.05) is 5.69 Å². The van der Waals surface area contributed by atoms with E-state index in [-0.39, 0.29) is 18.7 Å². The number of hydrogen-bond acceptors (Lipinski definition) is 5. The van der Waals surface area contributed by atoms with Crippen molar-refractivity contribution in [2.75, 3.05) is 13.7 Å². The number of ether oxygens (including phenoxy) is 2. The fourth-order valence-corrected chi connectivity index (χ4v) is 2.58. The summed E-state index contributed by atoms with van der Waals surface area (Å²) >= 11 is 0. The number of carbonyl (C=O) groups excluding carboxylic acids is 3. The number of aromatic amines is 1. The maximum Gasteiger partial charge on any atom is 0.339 e. The molecule has 0 aliphatic carbocycles. The van der Waals surface area contributed by atoms with Crippen LogP contribution in [-0.2, 0) is 20.7 Å². The summed E-state index contributed by atoms with van der Waals surface area (Å²) in [5.41, 5.74) is 3.54. The summed E-state index contributed by atoms with van der Waals surface area (Å²) in [7, 11) is 1.28. The lowest BCUT2D eigenvalue weighted by Gasteiger charge is -2.05. The standard InChI is InChI=1S/C19H21NO5/c1-11-5-7-14(8-6-11)9-16(22)25-10-15(21)18-12(2)17(13(3)20-18)19(23)24-4/h5-8,20H,9-10H2,1-4H3. The zero-order chi connectivity index (χ0) is 18.6. The SMILES string of the molecule is COC(=O)c1c(C)[nH]c(C(=O)COC(=O)Cc2ccc(C)cc2)c1C. The van der Waals surface area contributed by atoms with Gasteiger partial charge in [-0.3, -0.25) is 9.59 Å². The van der Waals surface area contributed by atoms with Gasteiger partial charge >= 0.3 is 11.9 Å². The lowest BCUT2D eigenvalue weighted by molar-refractivity contribution is -0.141. The first-order valence-corrected chi connectivity index (χ1v) is 7.85. The van der Waals surface area contributed by atoms with E-state index < -0.39 is 17.7 Å². The number of nitrogens with one attached hydrogen (secondary N) is 1. The van der Waals surface area contributed by atoms with E-state index in [0.29, 0.717) is 16.8 Å². The Morgan fingerprint density at radius 2 is 1.68 bits per heavy atom. The van der Waals surface area contributed by atoms with E-state index in [1.54, 1.807) is 13.8 Å². The van der Waals surface area contributed by atoms with Gasteiger partial charge in [0.2, 0.25) is 5.78 Å². The Balaban J connectivity index is 1.99. The van der Waals surface area contributed by atoms with Crippen LogP contribution in [0.25, 0.3) is 0 Å². The highest BCUT2D eigenvalue weighted by Crippen LogP contribution is 2.19. The molecule has 2 rings (SSSR count). The number of H-pyrrole nitrogens is 1. The van der Waals surface area contributed by atoms with Gasteiger partial charge in [-0.05, 0) is 31.9 Å². The summed E-state index contributed by atoms with van der Waals surface area (Å²) in [6, 6.07) is 7.51. The fourth-order valence-electron chi connectivity index (χ4n) is 2.58. The van der Waals surface area contributed by atoms with Crippen LogP contribution in [0.1, 0.15) is 43.2 Å². The van der Waals surface area contributed by atoms with Gasteiger partial charge in [-0.2, -0.15) is 0 Å². The zero-order valence-electron chi connectivity index (χ0n) is 14.8. The number of carbonyl (C=O) groups is 3. The maximum absolute atomic E-state index is 12.3. The van der Waals surface area contributed by atoms with Crippen LogP contribution in [-0.4, -0.2) is 36.4 Å². The summed E-state index contributed by atoms with van der Waals surface area (Å²) in [4.78, 5) is 38.8. The molecule has 0 bridgehead atoms. The minimum atomic E-state index is -0.512. The number of aromatic nitrogens is 1. The molecule has 0 aliphatic heterocycles. The van der Waals surface area contributed by atoms with Crippen molar-refractivity contribution < 1.29 is 23.9 Å². The monoisotopic (exact) mass is 343 g/mol. The maximum atomic E-state index is 12.3. The van der Waals surface area contributed by atoms with Crippen LogP contribution in [0.15, 0.2) is 24.3 Å². The Morgan fingerprint density at radius 3 is 2.28 bits per heavy atom. The molecule has 6 heteroatoms. The van der Waals surface area contributed by atoms with Gasteiger partial charge < -0.3 is 14.5 Å². The van der Waals surface area contributed by atoms with E-state index in [9.17, 15) is 14.4 Å². The van der Waals surface area contributed by atoms with Crippen molar-refractivity contribution in [1.82, 2.24) is 4.98 Å². The summed E-state index contributed by atoms with van der Waals surface area (Å²) in [6.45, 7) is 4.91. The highest BCUT2D eigenvalue weighted by molar-refractivity contribution is 6.02.